The molecule has 14 heavy (non-hydrogen) atoms. The van der Waals surface area contributed by atoms with Crippen molar-refractivity contribution in [3.8, 4) is 0 Å². The SMILES string of the molecule is CC1CC1c1noc([C@H]2CCCN2)n1. The molecule has 76 valence electrons. The average Bonchev–Trinajstić information content (AvgIpc) is 2.72. The first-order chi connectivity index (χ1) is 6.84. The van der Waals surface area contributed by atoms with E-state index in [4.69, 9.17) is 4.52 Å². The van der Waals surface area contributed by atoms with Crippen LogP contribution in [0.25, 0.3) is 0 Å². The summed E-state index contributed by atoms with van der Waals surface area (Å²) in [7, 11) is 0. The predicted molar refractivity (Wildman–Crippen MR) is 50.8 cm³/mol. The number of nitrogens with zero attached hydrogens (tertiary/aromatic N) is 2. The zero-order valence-electron chi connectivity index (χ0n) is 8.36. The average molecular weight is 193 g/mol. The van der Waals surface area contributed by atoms with Gasteiger partial charge in [-0.15, -0.1) is 0 Å². The van der Waals surface area contributed by atoms with Crippen molar-refractivity contribution in [3.63, 3.8) is 0 Å². The van der Waals surface area contributed by atoms with Gasteiger partial charge in [-0.1, -0.05) is 12.1 Å². The quantitative estimate of drug-likeness (QED) is 0.775. The molecule has 1 aliphatic carbocycles. The van der Waals surface area contributed by atoms with Crippen LogP contribution in [0.4, 0.5) is 0 Å². The molecule has 2 aliphatic rings. The fraction of sp³-hybridized carbons (Fsp3) is 0.800. The van der Waals surface area contributed by atoms with Crippen molar-refractivity contribution in [2.75, 3.05) is 6.54 Å². The van der Waals surface area contributed by atoms with Gasteiger partial charge in [-0.2, -0.15) is 4.98 Å². The van der Waals surface area contributed by atoms with Crippen LogP contribution >= 0.6 is 0 Å². The van der Waals surface area contributed by atoms with Gasteiger partial charge in [0.15, 0.2) is 5.82 Å². The second-order valence-electron chi connectivity index (χ2n) is 4.46. The van der Waals surface area contributed by atoms with Gasteiger partial charge in [0, 0.05) is 5.92 Å². The monoisotopic (exact) mass is 193 g/mol. The number of rotatable bonds is 2. The van der Waals surface area contributed by atoms with Crippen LogP contribution in [0.15, 0.2) is 4.52 Å². The van der Waals surface area contributed by atoms with Gasteiger partial charge in [-0.25, -0.2) is 0 Å². The molecule has 2 heterocycles. The van der Waals surface area contributed by atoms with Crippen molar-refractivity contribution in [1.29, 1.82) is 0 Å². The molecule has 0 bridgehead atoms. The standard InChI is InChI=1S/C10H15N3O/c1-6-5-7(6)9-12-10(14-13-9)8-3-2-4-11-8/h6-8,11H,2-5H2,1H3/t6?,7?,8-/m1/s1. The van der Waals surface area contributed by atoms with Crippen molar-refractivity contribution in [1.82, 2.24) is 15.5 Å². The lowest BCUT2D eigenvalue weighted by Gasteiger charge is -2.01. The highest BCUT2D eigenvalue weighted by molar-refractivity contribution is 5.08. The number of hydrogen-bond acceptors (Lipinski definition) is 4. The van der Waals surface area contributed by atoms with E-state index >= 15 is 0 Å². The van der Waals surface area contributed by atoms with E-state index in [0.29, 0.717) is 12.0 Å². The fourth-order valence-corrected chi connectivity index (χ4v) is 2.12. The van der Waals surface area contributed by atoms with Crippen molar-refractivity contribution in [2.24, 2.45) is 5.92 Å². The molecular formula is C10H15N3O. The second-order valence-corrected chi connectivity index (χ2v) is 4.46. The first kappa shape index (κ1) is 8.41. The molecule has 1 aromatic heterocycles. The maximum atomic E-state index is 5.27. The Hall–Kier alpha value is -0.900. The van der Waals surface area contributed by atoms with E-state index in [-0.39, 0.29) is 0 Å². The zero-order valence-corrected chi connectivity index (χ0v) is 8.36. The molecule has 4 heteroatoms. The molecule has 1 saturated heterocycles. The molecule has 2 fully saturated rings. The Bertz CT molecular complexity index is 330. The van der Waals surface area contributed by atoms with Crippen LogP contribution in [0.1, 0.15) is 49.9 Å². The van der Waals surface area contributed by atoms with Crippen LogP contribution in [-0.2, 0) is 0 Å². The third-order valence-corrected chi connectivity index (χ3v) is 3.26. The summed E-state index contributed by atoms with van der Waals surface area (Å²) in [5.74, 6) is 3.02. The van der Waals surface area contributed by atoms with Gasteiger partial charge in [0.05, 0.1) is 6.04 Å². The number of nitrogens with one attached hydrogen (secondary N) is 1. The first-order valence-electron chi connectivity index (χ1n) is 5.41. The smallest absolute Gasteiger partial charge is 0.243 e. The van der Waals surface area contributed by atoms with E-state index in [9.17, 15) is 0 Å². The maximum absolute atomic E-state index is 5.27. The molecule has 1 aromatic rings. The maximum Gasteiger partial charge on any atom is 0.243 e. The lowest BCUT2D eigenvalue weighted by Crippen LogP contribution is -2.13. The molecule has 0 aromatic carbocycles. The normalized spacial score (nSPS) is 36.2. The number of aromatic nitrogens is 2. The lowest BCUT2D eigenvalue weighted by molar-refractivity contribution is 0.341. The fourth-order valence-electron chi connectivity index (χ4n) is 2.12. The van der Waals surface area contributed by atoms with Crippen molar-refractivity contribution < 1.29 is 4.52 Å². The van der Waals surface area contributed by atoms with Gasteiger partial charge in [0.2, 0.25) is 5.89 Å². The van der Waals surface area contributed by atoms with Crippen LogP contribution in [0, 0.1) is 5.92 Å². The molecular weight excluding hydrogens is 178 g/mol. The third kappa shape index (κ3) is 1.34. The van der Waals surface area contributed by atoms with Crippen LogP contribution in [0.2, 0.25) is 0 Å². The van der Waals surface area contributed by atoms with Crippen molar-refractivity contribution >= 4 is 0 Å². The summed E-state index contributed by atoms with van der Waals surface area (Å²) >= 11 is 0. The summed E-state index contributed by atoms with van der Waals surface area (Å²) < 4.78 is 5.27. The number of hydrogen-bond donors (Lipinski definition) is 1. The van der Waals surface area contributed by atoms with Crippen LogP contribution < -0.4 is 5.32 Å². The van der Waals surface area contributed by atoms with Gasteiger partial charge < -0.3 is 9.84 Å². The molecule has 3 atom stereocenters. The van der Waals surface area contributed by atoms with Gasteiger partial charge in [0.1, 0.15) is 0 Å². The van der Waals surface area contributed by atoms with Gasteiger partial charge in [-0.05, 0) is 31.7 Å². The second kappa shape index (κ2) is 3.05. The third-order valence-electron chi connectivity index (χ3n) is 3.26. The van der Waals surface area contributed by atoms with Crippen molar-refractivity contribution in [2.45, 2.75) is 38.1 Å². The topological polar surface area (TPSA) is 51.0 Å². The Morgan fingerprint density at radius 3 is 3.00 bits per heavy atom. The Kier molecular flexibility index (Phi) is 1.83. The molecule has 1 saturated carbocycles. The minimum atomic E-state index is 0.310. The van der Waals surface area contributed by atoms with E-state index in [0.717, 1.165) is 30.6 Å². The Morgan fingerprint density at radius 1 is 1.50 bits per heavy atom. The Labute approximate surface area is 83.1 Å². The Morgan fingerprint density at radius 2 is 2.36 bits per heavy atom. The molecule has 4 nitrogen and oxygen atoms in total. The summed E-state index contributed by atoms with van der Waals surface area (Å²) in [6.45, 7) is 3.30. The van der Waals surface area contributed by atoms with E-state index in [1.807, 2.05) is 0 Å². The first-order valence-corrected chi connectivity index (χ1v) is 5.41. The molecule has 0 radical (unpaired) electrons. The minimum absolute atomic E-state index is 0.310. The summed E-state index contributed by atoms with van der Waals surface area (Å²) in [6, 6.07) is 0.310. The lowest BCUT2D eigenvalue weighted by atomic mass is 10.2. The summed E-state index contributed by atoms with van der Waals surface area (Å²) in [4.78, 5) is 4.46. The highest BCUT2D eigenvalue weighted by Gasteiger charge is 2.38. The van der Waals surface area contributed by atoms with E-state index in [1.54, 1.807) is 0 Å². The van der Waals surface area contributed by atoms with Gasteiger partial charge >= 0.3 is 0 Å². The summed E-state index contributed by atoms with van der Waals surface area (Å²) in [5.41, 5.74) is 0. The van der Waals surface area contributed by atoms with Gasteiger partial charge in [-0.3, -0.25) is 0 Å². The predicted octanol–water partition coefficient (Wildman–Crippen LogP) is 1.62. The molecule has 1 N–H and O–H groups in total. The molecule has 3 rings (SSSR count). The van der Waals surface area contributed by atoms with Crippen LogP contribution in [0.5, 0.6) is 0 Å². The molecule has 2 unspecified atom stereocenters. The van der Waals surface area contributed by atoms with Crippen LogP contribution in [-0.4, -0.2) is 16.7 Å². The Balaban J connectivity index is 1.76. The van der Waals surface area contributed by atoms with E-state index in [1.165, 1.54) is 12.8 Å². The largest absolute Gasteiger partial charge is 0.338 e. The minimum Gasteiger partial charge on any atom is -0.338 e. The molecule has 0 amide bonds. The van der Waals surface area contributed by atoms with Gasteiger partial charge in [0.25, 0.3) is 0 Å². The molecule has 0 spiro atoms. The molecule has 1 aliphatic heterocycles. The summed E-state index contributed by atoms with van der Waals surface area (Å²) in [5, 5.41) is 7.41. The highest BCUT2D eigenvalue weighted by Crippen LogP contribution is 2.45. The van der Waals surface area contributed by atoms with Crippen molar-refractivity contribution in [3.05, 3.63) is 11.7 Å². The van der Waals surface area contributed by atoms with E-state index in [2.05, 4.69) is 22.4 Å². The van der Waals surface area contributed by atoms with Crippen LogP contribution in [0.3, 0.4) is 0 Å². The highest BCUT2D eigenvalue weighted by atomic mass is 16.5. The summed E-state index contributed by atoms with van der Waals surface area (Å²) in [6.07, 6.45) is 3.56. The zero-order chi connectivity index (χ0) is 9.54. The van der Waals surface area contributed by atoms with E-state index < -0.39 is 0 Å².